The first-order valence-corrected chi connectivity index (χ1v) is 11.5. The Labute approximate surface area is 185 Å². The number of aromatic nitrogens is 1. The highest BCUT2D eigenvalue weighted by Gasteiger charge is 2.21. The van der Waals surface area contributed by atoms with E-state index in [0.717, 1.165) is 29.5 Å². The Morgan fingerprint density at radius 1 is 1.13 bits per heavy atom. The molecule has 0 fully saturated rings. The predicted molar refractivity (Wildman–Crippen MR) is 127 cm³/mol. The molecule has 2 aromatic heterocycles. The third-order valence-electron chi connectivity index (χ3n) is 5.70. The van der Waals surface area contributed by atoms with Gasteiger partial charge in [0.05, 0.1) is 5.22 Å². The highest BCUT2D eigenvalue weighted by molar-refractivity contribution is 7.17. The van der Waals surface area contributed by atoms with Gasteiger partial charge < -0.3 is 20.3 Å². The topological polar surface area (TPSA) is 61.6 Å². The lowest BCUT2D eigenvalue weighted by molar-refractivity contribution is 0.475. The van der Waals surface area contributed by atoms with E-state index in [2.05, 4.69) is 71.0 Å². The van der Waals surface area contributed by atoms with E-state index in [1.165, 1.54) is 21.2 Å². The SMILES string of the molecule is CC(C)n1ccc2c1=NC(c1csc3ccccc13)NC=2NCCc1ccc(O)cc1. The molecule has 0 aliphatic carbocycles. The maximum atomic E-state index is 9.50. The third kappa shape index (κ3) is 3.79. The summed E-state index contributed by atoms with van der Waals surface area (Å²) in [4.78, 5) is 5.12. The quantitative estimate of drug-likeness (QED) is 0.436. The van der Waals surface area contributed by atoms with Crippen molar-refractivity contribution in [3.8, 4) is 5.75 Å². The molecule has 0 saturated heterocycles. The predicted octanol–water partition coefficient (Wildman–Crippen LogP) is 3.81. The number of phenols is 1. The zero-order valence-electron chi connectivity index (χ0n) is 17.7. The molecule has 31 heavy (non-hydrogen) atoms. The van der Waals surface area contributed by atoms with Crippen molar-refractivity contribution in [2.24, 2.45) is 4.99 Å². The second kappa shape index (κ2) is 8.12. The molecular formula is C25H26N4OS. The smallest absolute Gasteiger partial charge is 0.149 e. The van der Waals surface area contributed by atoms with Gasteiger partial charge in [-0.3, -0.25) is 0 Å². The summed E-state index contributed by atoms with van der Waals surface area (Å²) in [6.07, 6.45) is 2.86. The number of hydrogen-bond donors (Lipinski definition) is 3. The summed E-state index contributed by atoms with van der Waals surface area (Å²) < 4.78 is 3.51. The van der Waals surface area contributed by atoms with Crippen molar-refractivity contribution in [1.29, 1.82) is 0 Å². The van der Waals surface area contributed by atoms with Gasteiger partial charge in [0.1, 0.15) is 23.2 Å². The van der Waals surface area contributed by atoms with Crippen LogP contribution >= 0.6 is 11.3 Å². The highest BCUT2D eigenvalue weighted by atomic mass is 32.1. The van der Waals surface area contributed by atoms with Gasteiger partial charge in [0, 0.05) is 29.0 Å². The van der Waals surface area contributed by atoms with Gasteiger partial charge in [0.25, 0.3) is 0 Å². The fourth-order valence-electron chi connectivity index (χ4n) is 4.05. The highest BCUT2D eigenvalue weighted by Crippen LogP contribution is 2.31. The Kier molecular flexibility index (Phi) is 5.16. The molecule has 1 unspecified atom stereocenters. The normalized spacial score (nSPS) is 15.6. The number of hydrogen-bond acceptors (Lipinski definition) is 5. The molecule has 5 nitrogen and oxygen atoms in total. The number of rotatable bonds is 6. The largest absolute Gasteiger partial charge is 0.508 e. The van der Waals surface area contributed by atoms with Gasteiger partial charge in [-0.05, 0) is 60.9 Å². The fourth-order valence-corrected chi connectivity index (χ4v) is 5.03. The summed E-state index contributed by atoms with van der Waals surface area (Å²) in [6, 6.07) is 18.4. The maximum Gasteiger partial charge on any atom is 0.149 e. The molecule has 1 atom stereocenters. The number of phenolic OH excluding ortho intramolecular Hbond substituents is 1. The Morgan fingerprint density at radius 3 is 2.74 bits per heavy atom. The van der Waals surface area contributed by atoms with Crippen LogP contribution in [0.25, 0.3) is 15.9 Å². The molecule has 0 spiro atoms. The molecule has 6 heteroatoms. The lowest BCUT2D eigenvalue weighted by Gasteiger charge is -2.23. The van der Waals surface area contributed by atoms with Crippen molar-refractivity contribution in [3.05, 3.63) is 88.0 Å². The zero-order valence-corrected chi connectivity index (χ0v) is 18.5. The van der Waals surface area contributed by atoms with Crippen LogP contribution in [0.2, 0.25) is 0 Å². The van der Waals surface area contributed by atoms with Crippen LogP contribution < -0.4 is 21.3 Å². The molecule has 2 aromatic carbocycles. The summed E-state index contributed by atoms with van der Waals surface area (Å²) >= 11 is 1.76. The molecule has 0 bridgehead atoms. The first kappa shape index (κ1) is 19.7. The van der Waals surface area contributed by atoms with Crippen LogP contribution in [-0.2, 0) is 6.42 Å². The summed E-state index contributed by atoms with van der Waals surface area (Å²) in [7, 11) is 0. The van der Waals surface area contributed by atoms with Gasteiger partial charge in [-0.25, -0.2) is 4.99 Å². The molecule has 3 heterocycles. The second-order valence-electron chi connectivity index (χ2n) is 8.14. The monoisotopic (exact) mass is 430 g/mol. The number of fused-ring (bicyclic) bond motifs is 2. The van der Waals surface area contributed by atoms with Crippen LogP contribution in [0.15, 0.2) is 71.2 Å². The van der Waals surface area contributed by atoms with E-state index in [4.69, 9.17) is 4.99 Å². The van der Waals surface area contributed by atoms with Crippen LogP contribution in [0.1, 0.15) is 37.2 Å². The fraction of sp³-hybridized carbons (Fsp3) is 0.240. The lowest BCUT2D eigenvalue weighted by atomic mass is 10.1. The van der Waals surface area contributed by atoms with Crippen molar-refractivity contribution in [2.45, 2.75) is 32.5 Å². The van der Waals surface area contributed by atoms with Gasteiger partial charge in [-0.15, -0.1) is 11.3 Å². The van der Waals surface area contributed by atoms with E-state index in [0.29, 0.717) is 11.8 Å². The van der Waals surface area contributed by atoms with E-state index in [-0.39, 0.29) is 6.17 Å². The number of thiophene rings is 1. The van der Waals surface area contributed by atoms with Crippen molar-refractivity contribution < 1.29 is 5.11 Å². The van der Waals surface area contributed by atoms with E-state index < -0.39 is 0 Å². The average molecular weight is 431 g/mol. The molecule has 5 rings (SSSR count). The van der Waals surface area contributed by atoms with Crippen molar-refractivity contribution >= 4 is 27.2 Å². The number of nitrogens with one attached hydrogen (secondary N) is 2. The summed E-state index contributed by atoms with van der Waals surface area (Å²) in [6.45, 7) is 5.16. The molecule has 0 radical (unpaired) electrons. The standard InChI is InChI=1S/C25H26N4OS/c1-16(2)29-14-12-20-23(26-13-11-17-7-9-18(30)10-8-17)27-24(28-25(20)29)21-15-31-22-6-4-3-5-19(21)22/h3-10,12,14-16,24,26-27,30H,11,13H2,1-2H3. The van der Waals surface area contributed by atoms with Crippen LogP contribution in [0.4, 0.5) is 0 Å². The Hall–Kier alpha value is -3.25. The minimum atomic E-state index is -0.132. The minimum absolute atomic E-state index is 0.132. The van der Waals surface area contributed by atoms with Crippen LogP contribution in [0.3, 0.4) is 0 Å². The first-order valence-electron chi connectivity index (χ1n) is 10.6. The van der Waals surface area contributed by atoms with Gasteiger partial charge in [0.15, 0.2) is 0 Å². The van der Waals surface area contributed by atoms with Gasteiger partial charge >= 0.3 is 0 Å². The summed E-state index contributed by atoms with van der Waals surface area (Å²) in [5, 5.41) is 21.3. The van der Waals surface area contributed by atoms with Crippen LogP contribution in [0.5, 0.6) is 5.75 Å². The number of benzene rings is 2. The average Bonchev–Trinajstić information content (AvgIpc) is 3.39. The van der Waals surface area contributed by atoms with Gasteiger partial charge in [0.2, 0.25) is 0 Å². The van der Waals surface area contributed by atoms with E-state index in [1.54, 1.807) is 23.5 Å². The lowest BCUT2D eigenvalue weighted by Crippen LogP contribution is -2.46. The zero-order chi connectivity index (χ0) is 21.4. The summed E-state index contributed by atoms with van der Waals surface area (Å²) in [5.74, 6) is 1.32. The first-order chi connectivity index (χ1) is 15.1. The molecule has 1 aliphatic rings. The number of nitrogens with zero attached hydrogens (tertiary/aromatic N) is 2. The Bertz CT molecular complexity index is 1330. The van der Waals surface area contributed by atoms with Crippen molar-refractivity contribution in [1.82, 2.24) is 15.2 Å². The summed E-state index contributed by atoms with van der Waals surface area (Å²) in [5.41, 5.74) is 3.41. The Morgan fingerprint density at radius 2 is 1.94 bits per heavy atom. The van der Waals surface area contributed by atoms with Crippen molar-refractivity contribution in [3.63, 3.8) is 0 Å². The molecule has 1 aliphatic heterocycles. The maximum absolute atomic E-state index is 9.50. The minimum Gasteiger partial charge on any atom is -0.508 e. The van der Waals surface area contributed by atoms with Crippen LogP contribution in [0, 0.1) is 0 Å². The molecular weight excluding hydrogens is 404 g/mol. The van der Waals surface area contributed by atoms with E-state index in [9.17, 15) is 5.11 Å². The van der Waals surface area contributed by atoms with Gasteiger partial charge in [-0.2, -0.15) is 0 Å². The molecule has 3 N–H and O–H groups in total. The molecule has 0 amide bonds. The third-order valence-corrected chi connectivity index (χ3v) is 6.68. The van der Waals surface area contributed by atoms with Gasteiger partial charge in [-0.1, -0.05) is 30.3 Å². The van der Waals surface area contributed by atoms with E-state index in [1.807, 2.05) is 12.1 Å². The molecule has 4 aromatic rings. The molecule has 158 valence electrons. The molecule has 0 saturated carbocycles. The number of aromatic hydroxyl groups is 1. The van der Waals surface area contributed by atoms with Crippen LogP contribution in [-0.4, -0.2) is 16.2 Å². The van der Waals surface area contributed by atoms with E-state index >= 15 is 0 Å². The van der Waals surface area contributed by atoms with Crippen molar-refractivity contribution in [2.75, 3.05) is 6.54 Å². The second-order valence-corrected chi connectivity index (χ2v) is 9.05. The Balaban J connectivity index is 1.48.